The van der Waals surface area contributed by atoms with Gasteiger partial charge in [-0.2, -0.15) is 0 Å². The largest absolute Gasteiger partial charge is 0.497 e. The molecule has 0 atom stereocenters. The van der Waals surface area contributed by atoms with Gasteiger partial charge in [0, 0.05) is 44.3 Å². The number of methoxy groups -OCH3 is 1. The van der Waals surface area contributed by atoms with Crippen molar-refractivity contribution in [3.8, 4) is 5.75 Å². The highest BCUT2D eigenvalue weighted by atomic mass is 16.6. The number of ether oxygens (including phenoxy) is 2. The zero-order valence-electron chi connectivity index (χ0n) is 15.9. The number of hydrogen-bond donors (Lipinski definition) is 1. The average molecular weight is 385 g/mol. The molecule has 0 aliphatic carbocycles. The molecule has 1 fully saturated rings. The highest BCUT2D eigenvalue weighted by molar-refractivity contribution is 6.03. The van der Waals surface area contributed by atoms with Crippen molar-refractivity contribution in [3.63, 3.8) is 0 Å². The third-order valence-electron chi connectivity index (χ3n) is 4.34. The molecular weight excluding hydrogens is 362 g/mol. The Morgan fingerprint density at radius 1 is 1.07 bits per heavy atom. The molecule has 1 aliphatic heterocycles. The van der Waals surface area contributed by atoms with Gasteiger partial charge in [-0.05, 0) is 31.2 Å². The maximum Gasteiger partial charge on any atom is 0.409 e. The molecule has 2 amide bonds. The molecule has 0 unspecified atom stereocenters. The molecule has 2 aromatic rings. The molecule has 1 aliphatic rings. The number of benzene rings is 1. The second-order valence-electron chi connectivity index (χ2n) is 6.13. The Hall–Kier alpha value is -3.36. The molecule has 1 N–H and O–H groups in total. The number of carbonyl (C=O) groups excluding carboxylic acids is 2. The van der Waals surface area contributed by atoms with Gasteiger partial charge in [0.15, 0.2) is 0 Å². The van der Waals surface area contributed by atoms with Crippen molar-refractivity contribution in [2.24, 2.45) is 0 Å². The number of aromatic nitrogens is 2. The van der Waals surface area contributed by atoms with E-state index in [0.29, 0.717) is 55.7 Å². The average Bonchev–Trinajstić information content (AvgIpc) is 2.74. The standard InChI is InChI=1S/C19H23N5O4/c1-3-28-19(26)24-10-8-23(9-11-24)18-20-12-14(13-21-18)17(25)22-15-4-6-16(27-2)7-5-15/h4-7,12-13H,3,8-11H2,1-2H3,(H,22,25). The zero-order valence-corrected chi connectivity index (χ0v) is 15.9. The quantitative estimate of drug-likeness (QED) is 0.841. The number of carbonyl (C=O) groups is 2. The van der Waals surface area contributed by atoms with Crippen molar-refractivity contribution in [2.45, 2.75) is 6.92 Å². The maximum atomic E-state index is 12.3. The highest BCUT2D eigenvalue weighted by Crippen LogP contribution is 2.16. The smallest absolute Gasteiger partial charge is 0.409 e. The molecule has 1 saturated heterocycles. The third-order valence-corrected chi connectivity index (χ3v) is 4.34. The van der Waals surface area contributed by atoms with E-state index in [0.717, 1.165) is 0 Å². The van der Waals surface area contributed by atoms with Crippen LogP contribution < -0.4 is 15.0 Å². The van der Waals surface area contributed by atoms with Crippen molar-refractivity contribution in [1.29, 1.82) is 0 Å². The number of rotatable bonds is 5. The van der Waals surface area contributed by atoms with Gasteiger partial charge in [0.2, 0.25) is 5.95 Å². The lowest BCUT2D eigenvalue weighted by molar-refractivity contribution is 0.102. The molecule has 0 spiro atoms. The van der Waals surface area contributed by atoms with E-state index in [4.69, 9.17) is 9.47 Å². The Morgan fingerprint density at radius 3 is 2.29 bits per heavy atom. The summed E-state index contributed by atoms with van der Waals surface area (Å²) in [6.07, 6.45) is 2.70. The van der Waals surface area contributed by atoms with Crippen LogP contribution in [0.4, 0.5) is 16.4 Å². The first-order valence-electron chi connectivity index (χ1n) is 9.04. The summed E-state index contributed by atoms with van der Waals surface area (Å²) in [5.41, 5.74) is 1.02. The Labute approximate surface area is 163 Å². The van der Waals surface area contributed by atoms with Crippen LogP contribution in [0.25, 0.3) is 0 Å². The maximum absolute atomic E-state index is 12.3. The lowest BCUT2D eigenvalue weighted by Crippen LogP contribution is -2.49. The molecule has 0 saturated carbocycles. The van der Waals surface area contributed by atoms with Crippen LogP contribution in [0.3, 0.4) is 0 Å². The van der Waals surface area contributed by atoms with Crippen LogP contribution in [0.5, 0.6) is 5.75 Å². The molecule has 9 heteroatoms. The van der Waals surface area contributed by atoms with E-state index in [2.05, 4.69) is 15.3 Å². The molecule has 1 aromatic carbocycles. The van der Waals surface area contributed by atoms with Gasteiger partial charge >= 0.3 is 6.09 Å². The van der Waals surface area contributed by atoms with E-state index in [1.165, 1.54) is 12.4 Å². The second-order valence-corrected chi connectivity index (χ2v) is 6.13. The van der Waals surface area contributed by atoms with Gasteiger partial charge in [-0.25, -0.2) is 14.8 Å². The third kappa shape index (κ3) is 4.67. The number of hydrogen-bond acceptors (Lipinski definition) is 7. The summed E-state index contributed by atoms with van der Waals surface area (Å²) in [4.78, 5) is 36.3. The van der Waals surface area contributed by atoms with E-state index in [-0.39, 0.29) is 12.0 Å². The molecular formula is C19H23N5O4. The van der Waals surface area contributed by atoms with Crippen molar-refractivity contribution >= 4 is 23.6 Å². The van der Waals surface area contributed by atoms with Gasteiger partial charge in [0.05, 0.1) is 19.3 Å². The lowest BCUT2D eigenvalue weighted by atomic mass is 10.2. The molecule has 0 radical (unpaired) electrons. The number of nitrogens with zero attached hydrogens (tertiary/aromatic N) is 4. The second kappa shape index (κ2) is 9.03. The van der Waals surface area contributed by atoms with Crippen LogP contribution in [0, 0.1) is 0 Å². The number of anilines is 2. The summed E-state index contributed by atoms with van der Waals surface area (Å²) < 4.78 is 10.1. The van der Waals surface area contributed by atoms with Gasteiger partial charge in [-0.1, -0.05) is 0 Å². The minimum Gasteiger partial charge on any atom is -0.497 e. The van der Waals surface area contributed by atoms with E-state index < -0.39 is 0 Å². The lowest BCUT2D eigenvalue weighted by Gasteiger charge is -2.33. The molecule has 28 heavy (non-hydrogen) atoms. The molecule has 0 bridgehead atoms. The Kier molecular flexibility index (Phi) is 6.25. The fraction of sp³-hybridized carbons (Fsp3) is 0.368. The Morgan fingerprint density at radius 2 is 1.71 bits per heavy atom. The highest BCUT2D eigenvalue weighted by Gasteiger charge is 2.23. The zero-order chi connectivity index (χ0) is 19.9. The van der Waals surface area contributed by atoms with Gasteiger partial charge < -0.3 is 24.6 Å². The summed E-state index contributed by atoms with van der Waals surface area (Å²) in [5.74, 6) is 0.960. The summed E-state index contributed by atoms with van der Waals surface area (Å²) in [7, 11) is 1.59. The van der Waals surface area contributed by atoms with Crippen LogP contribution in [0.15, 0.2) is 36.7 Å². The first-order chi connectivity index (χ1) is 13.6. The topological polar surface area (TPSA) is 96.9 Å². The van der Waals surface area contributed by atoms with Crippen molar-refractivity contribution < 1.29 is 19.1 Å². The van der Waals surface area contributed by atoms with Crippen LogP contribution in [0.2, 0.25) is 0 Å². The predicted octanol–water partition coefficient (Wildman–Crippen LogP) is 2.02. The van der Waals surface area contributed by atoms with Crippen LogP contribution in [-0.2, 0) is 4.74 Å². The van der Waals surface area contributed by atoms with E-state index in [9.17, 15) is 9.59 Å². The number of amides is 2. The monoisotopic (exact) mass is 385 g/mol. The summed E-state index contributed by atoms with van der Waals surface area (Å²) in [6.45, 7) is 4.45. The molecule has 9 nitrogen and oxygen atoms in total. The van der Waals surface area contributed by atoms with Crippen LogP contribution >= 0.6 is 0 Å². The fourth-order valence-electron chi connectivity index (χ4n) is 2.78. The van der Waals surface area contributed by atoms with Gasteiger partial charge in [0.25, 0.3) is 5.91 Å². The van der Waals surface area contributed by atoms with Gasteiger partial charge in [-0.15, -0.1) is 0 Å². The summed E-state index contributed by atoms with van der Waals surface area (Å²) in [5, 5.41) is 2.79. The number of nitrogens with one attached hydrogen (secondary N) is 1. The predicted molar refractivity (Wildman–Crippen MR) is 104 cm³/mol. The summed E-state index contributed by atoms with van der Waals surface area (Å²) >= 11 is 0. The van der Waals surface area contributed by atoms with Crippen LogP contribution in [0.1, 0.15) is 17.3 Å². The molecule has 148 valence electrons. The Bertz CT molecular complexity index is 802. The number of piperazine rings is 1. The summed E-state index contributed by atoms with van der Waals surface area (Å²) in [6, 6.07) is 7.06. The SMILES string of the molecule is CCOC(=O)N1CCN(c2ncc(C(=O)Nc3ccc(OC)cc3)cn2)CC1. The van der Waals surface area contributed by atoms with Crippen molar-refractivity contribution in [1.82, 2.24) is 14.9 Å². The fourth-order valence-corrected chi connectivity index (χ4v) is 2.78. The molecule has 1 aromatic heterocycles. The van der Waals surface area contributed by atoms with Crippen molar-refractivity contribution in [2.75, 3.05) is 50.1 Å². The van der Waals surface area contributed by atoms with Crippen molar-refractivity contribution in [3.05, 3.63) is 42.2 Å². The van der Waals surface area contributed by atoms with Gasteiger partial charge in [0.1, 0.15) is 5.75 Å². The van der Waals surface area contributed by atoms with E-state index in [1.807, 2.05) is 4.90 Å². The van der Waals surface area contributed by atoms with E-state index in [1.54, 1.807) is 43.2 Å². The minimum atomic E-state index is -0.298. The molecule has 2 heterocycles. The Balaban J connectivity index is 1.56. The first kappa shape index (κ1) is 19.4. The minimum absolute atomic E-state index is 0.288. The van der Waals surface area contributed by atoms with Gasteiger partial charge in [-0.3, -0.25) is 4.79 Å². The molecule has 3 rings (SSSR count). The van der Waals surface area contributed by atoms with Crippen LogP contribution in [-0.4, -0.2) is 66.8 Å². The normalized spacial score (nSPS) is 13.8. The van der Waals surface area contributed by atoms with E-state index >= 15 is 0 Å². The first-order valence-corrected chi connectivity index (χ1v) is 9.04.